The lowest BCUT2D eigenvalue weighted by molar-refractivity contribution is -0.138. The molecule has 3 aromatic rings. The molecule has 1 aromatic carbocycles. The van der Waals surface area contributed by atoms with Gasteiger partial charge >= 0.3 is 5.97 Å². The number of hydrogen-bond donors (Lipinski definition) is 2. The summed E-state index contributed by atoms with van der Waals surface area (Å²) in [5.41, 5.74) is 2.07. The van der Waals surface area contributed by atoms with Gasteiger partial charge in [-0.2, -0.15) is 0 Å². The van der Waals surface area contributed by atoms with E-state index in [0.717, 1.165) is 16.3 Å². The van der Waals surface area contributed by atoms with Gasteiger partial charge in [-0.3, -0.25) is 19.6 Å². The normalized spacial score (nSPS) is 10.7. The number of carboxylic acid groups (broad SMARTS) is 1. The second-order valence-corrected chi connectivity index (χ2v) is 4.84. The Balaban J connectivity index is 1.98. The zero-order valence-corrected chi connectivity index (χ0v) is 11.6. The molecular weight excluding hydrogens is 282 g/mol. The van der Waals surface area contributed by atoms with Crippen molar-refractivity contribution in [3.05, 3.63) is 42.7 Å². The molecule has 0 aliphatic carbocycles. The first-order valence-electron chi connectivity index (χ1n) is 6.79. The molecule has 3 rings (SSSR count). The molecule has 0 atom stereocenters. The van der Waals surface area contributed by atoms with Crippen molar-refractivity contribution in [1.29, 1.82) is 0 Å². The maximum absolute atomic E-state index is 11.8. The van der Waals surface area contributed by atoms with Crippen LogP contribution in [0.25, 0.3) is 21.8 Å². The molecule has 0 aliphatic heterocycles. The van der Waals surface area contributed by atoms with Crippen molar-refractivity contribution < 1.29 is 14.7 Å². The number of nitrogens with one attached hydrogen (secondary N) is 1. The van der Waals surface area contributed by atoms with E-state index in [0.29, 0.717) is 11.2 Å². The first-order valence-corrected chi connectivity index (χ1v) is 6.79. The number of nitrogens with zero attached hydrogens (tertiary/aromatic N) is 2. The number of carbonyl (C=O) groups excluding carboxylic acids is 1. The highest BCUT2D eigenvalue weighted by molar-refractivity contribution is 6.09. The minimum Gasteiger partial charge on any atom is -0.481 e. The van der Waals surface area contributed by atoms with Gasteiger partial charge in [0.25, 0.3) is 0 Å². The number of aliphatic carboxylic acids is 1. The van der Waals surface area contributed by atoms with Gasteiger partial charge < -0.3 is 10.4 Å². The summed E-state index contributed by atoms with van der Waals surface area (Å²) in [4.78, 5) is 31.0. The van der Waals surface area contributed by atoms with E-state index in [1.54, 1.807) is 18.5 Å². The minimum absolute atomic E-state index is 0.0645. The van der Waals surface area contributed by atoms with Crippen molar-refractivity contribution in [1.82, 2.24) is 9.97 Å². The lowest BCUT2D eigenvalue weighted by Crippen LogP contribution is -2.13. The minimum atomic E-state index is -0.995. The van der Waals surface area contributed by atoms with Crippen LogP contribution in [0.15, 0.2) is 42.7 Å². The molecule has 1 amide bonds. The van der Waals surface area contributed by atoms with Gasteiger partial charge in [0.05, 0.1) is 23.1 Å². The molecule has 0 fully saturated rings. The van der Waals surface area contributed by atoms with E-state index in [1.165, 1.54) is 0 Å². The molecule has 0 saturated carbocycles. The fourth-order valence-corrected chi connectivity index (χ4v) is 2.30. The number of carbonyl (C=O) groups is 2. The molecule has 0 aliphatic rings. The molecule has 0 unspecified atom stereocenters. The van der Waals surface area contributed by atoms with Crippen LogP contribution in [0.4, 0.5) is 5.69 Å². The van der Waals surface area contributed by atoms with Crippen LogP contribution in [0.5, 0.6) is 0 Å². The largest absolute Gasteiger partial charge is 0.481 e. The average Bonchev–Trinajstić information content (AvgIpc) is 2.53. The molecule has 0 bridgehead atoms. The molecule has 0 spiro atoms. The zero-order valence-electron chi connectivity index (χ0n) is 11.6. The smallest absolute Gasteiger partial charge is 0.303 e. The number of amides is 1. The Hall–Kier alpha value is -3.02. The summed E-state index contributed by atoms with van der Waals surface area (Å²) in [5, 5.41) is 13.1. The molecule has 0 radical (unpaired) electrons. The van der Waals surface area contributed by atoms with E-state index >= 15 is 0 Å². The van der Waals surface area contributed by atoms with Crippen molar-refractivity contribution >= 4 is 39.4 Å². The number of hydrogen-bond acceptors (Lipinski definition) is 4. The number of pyridine rings is 2. The first-order chi connectivity index (χ1) is 10.6. The maximum Gasteiger partial charge on any atom is 0.303 e. The van der Waals surface area contributed by atoms with Gasteiger partial charge in [0.1, 0.15) is 0 Å². The van der Waals surface area contributed by atoms with Crippen molar-refractivity contribution in [2.75, 3.05) is 5.32 Å². The zero-order chi connectivity index (χ0) is 15.5. The lowest BCUT2D eigenvalue weighted by atomic mass is 10.1. The molecule has 2 aromatic heterocycles. The van der Waals surface area contributed by atoms with E-state index in [4.69, 9.17) is 5.11 Å². The summed E-state index contributed by atoms with van der Waals surface area (Å²) >= 11 is 0. The average molecular weight is 295 g/mol. The quantitative estimate of drug-likeness (QED) is 0.722. The first kappa shape index (κ1) is 13.9. The van der Waals surface area contributed by atoms with Gasteiger partial charge in [0, 0.05) is 29.6 Å². The summed E-state index contributed by atoms with van der Waals surface area (Å²) < 4.78 is 0. The summed E-state index contributed by atoms with van der Waals surface area (Å²) in [6, 6.07) is 9.28. The molecule has 110 valence electrons. The lowest BCUT2D eigenvalue weighted by Gasteiger charge is -2.09. The number of benzene rings is 1. The van der Waals surface area contributed by atoms with Crippen LogP contribution < -0.4 is 5.32 Å². The fourth-order valence-electron chi connectivity index (χ4n) is 2.30. The Morgan fingerprint density at radius 2 is 1.82 bits per heavy atom. The van der Waals surface area contributed by atoms with Crippen LogP contribution in [-0.4, -0.2) is 27.0 Å². The van der Waals surface area contributed by atoms with Crippen molar-refractivity contribution in [3.63, 3.8) is 0 Å². The monoisotopic (exact) mass is 295 g/mol. The molecule has 6 heteroatoms. The number of carboxylic acids is 1. The van der Waals surface area contributed by atoms with Crippen LogP contribution in [-0.2, 0) is 9.59 Å². The number of fused-ring (bicyclic) bond motifs is 3. The SMILES string of the molecule is O=C(O)CCC(=O)Nc1ccnc2c1ccc1cccnc12. The number of aromatic nitrogens is 2. The van der Waals surface area contributed by atoms with Crippen LogP contribution in [0.1, 0.15) is 12.8 Å². The Bertz CT molecular complexity index is 877. The van der Waals surface area contributed by atoms with E-state index in [9.17, 15) is 9.59 Å². The van der Waals surface area contributed by atoms with Crippen LogP contribution in [0, 0.1) is 0 Å². The second-order valence-electron chi connectivity index (χ2n) is 4.84. The van der Waals surface area contributed by atoms with Gasteiger partial charge in [0.2, 0.25) is 5.91 Å². The molecule has 0 saturated heterocycles. The Morgan fingerprint density at radius 3 is 2.64 bits per heavy atom. The highest BCUT2D eigenvalue weighted by atomic mass is 16.4. The topological polar surface area (TPSA) is 92.2 Å². The predicted molar refractivity (Wildman–Crippen MR) is 82.5 cm³/mol. The van der Waals surface area contributed by atoms with Crippen molar-refractivity contribution in [2.24, 2.45) is 0 Å². The third-order valence-corrected chi connectivity index (χ3v) is 3.32. The second kappa shape index (κ2) is 5.77. The Morgan fingerprint density at radius 1 is 1.00 bits per heavy atom. The summed E-state index contributed by atoms with van der Waals surface area (Å²) in [7, 11) is 0. The predicted octanol–water partition coefficient (Wildman–Crippen LogP) is 2.59. The van der Waals surface area contributed by atoms with Crippen LogP contribution in [0.3, 0.4) is 0 Å². The summed E-state index contributed by atoms with van der Waals surface area (Å²) in [6.45, 7) is 0. The van der Waals surface area contributed by atoms with Gasteiger partial charge in [-0.15, -0.1) is 0 Å². The van der Waals surface area contributed by atoms with E-state index in [1.807, 2.05) is 24.3 Å². The van der Waals surface area contributed by atoms with E-state index in [2.05, 4.69) is 15.3 Å². The number of rotatable bonds is 4. The highest BCUT2D eigenvalue weighted by Gasteiger charge is 2.10. The molecule has 22 heavy (non-hydrogen) atoms. The third kappa shape index (κ3) is 2.71. The van der Waals surface area contributed by atoms with Gasteiger partial charge in [-0.05, 0) is 18.2 Å². The standard InChI is InChI=1S/C16H13N3O3/c20-13(5-6-14(21)22)19-12-7-9-18-16-11(12)4-3-10-2-1-8-17-15(10)16/h1-4,7-9H,5-6H2,(H,21,22)(H,18,19,20). The summed E-state index contributed by atoms with van der Waals surface area (Å²) in [6.07, 6.45) is 3.04. The Labute approximate surface area is 125 Å². The molecule has 6 nitrogen and oxygen atoms in total. The Kier molecular flexibility index (Phi) is 3.65. The number of anilines is 1. The van der Waals surface area contributed by atoms with E-state index in [-0.39, 0.29) is 18.7 Å². The summed E-state index contributed by atoms with van der Waals surface area (Å²) in [5.74, 6) is -1.33. The molecule has 2 N–H and O–H groups in total. The van der Waals surface area contributed by atoms with Crippen LogP contribution >= 0.6 is 0 Å². The van der Waals surface area contributed by atoms with Crippen molar-refractivity contribution in [3.8, 4) is 0 Å². The highest BCUT2D eigenvalue weighted by Crippen LogP contribution is 2.27. The van der Waals surface area contributed by atoms with E-state index < -0.39 is 5.97 Å². The fraction of sp³-hybridized carbons (Fsp3) is 0.125. The maximum atomic E-state index is 11.8. The van der Waals surface area contributed by atoms with Crippen LogP contribution in [0.2, 0.25) is 0 Å². The molecular formula is C16H13N3O3. The van der Waals surface area contributed by atoms with Gasteiger partial charge in [-0.25, -0.2) is 0 Å². The molecule has 2 heterocycles. The third-order valence-electron chi connectivity index (χ3n) is 3.32. The van der Waals surface area contributed by atoms with Gasteiger partial charge in [-0.1, -0.05) is 12.1 Å². The van der Waals surface area contributed by atoms with Gasteiger partial charge in [0.15, 0.2) is 0 Å². The van der Waals surface area contributed by atoms with Crippen molar-refractivity contribution in [2.45, 2.75) is 12.8 Å².